The molecule has 0 aliphatic heterocycles. The monoisotopic (exact) mass is 228 g/mol. The second-order valence-electron chi connectivity index (χ2n) is 3.36. The third kappa shape index (κ3) is 5.58. The van der Waals surface area contributed by atoms with E-state index < -0.39 is 30.7 Å². The van der Waals surface area contributed by atoms with Crippen molar-refractivity contribution in [1.82, 2.24) is 5.32 Å². The summed E-state index contributed by atoms with van der Waals surface area (Å²) in [7, 11) is 1.48. The molecule has 0 spiro atoms. The fraction of sp³-hybridized carbons (Fsp3) is 0.875. The summed E-state index contributed by atoms with van der Waals surface area (Å²) in [4.78, 5) is 10.9. The second kappa shape index (κ2) is 5.32. The third-order valence-electron chi connectivity index (χ3n) is 2.02. The lowest BCUT2D eigenvalue weighted by atomic mass is 10.0. The molecule has 1 atom stereocenters. The van der Waals surface area contributed by atoms with Crippen LogP contribution in [0.5, 0.6) is 0 Å². The van der Waals surface area contributed by atoms with Gasteiger partial charge in [0.2, 0.25) is 5.91 Å². The van der Waals surface area contributed by atoms with Crippen molar-refractivity contribution in [3.05, 3.63) is 0 Å². The molecule has 0 fully saturated rings. The zero-order valence-electron chi connectivity index (χ0n) is 8.65. The number of hydrogen-bond donors (Lipinski definition) is 2. The topological polar surface area (TPSA) is 64.3 Å². The highest BCUT2D eigenvalue weighted by molar-refractivity contribution is 5.84. The van der Waals surface area contributed by atoms with Crippen molar-refractivity contribution >= 4 is 5.91 Å². The number of hydrogen-bond acceptors (Lipinski definition) is 3. The van der Waals surface area contributed by atoms with Crippen molar-refractivity contribution in [2.24, 2.45) is 5.73 Å². The SMILES string of the molecule is CNC(C)(COCCC(F)(F)F)C(N)=O. The normalized spacial score (nSPS) is 16.1. The van der Waals surface area contributed by atoms with Gasteiger partial charge >= 0.3 is 6.18 Å². The number of nitrogens with two attached hydrogens (primary N) is 1. The molecule has 0 rings (SSSR count). The molecule has 0 aromatic carbocycles. The zero-order chi connectivity index (χ0) is 12.1. The minimum Gasteiger partial charge on any atom is -0.379 e. The van der Waals surface area contributed by atoms with Gasteiger partial charge < -0.3 is 15.8 Å². The maximum Gasteiger partial charge on any atom is 0.391 e. The first-order chi connectivity index (χ1) is 6.71. The average molecular weight is 228 g/mol. The maximum atomic E-state index is 11.7. The van der Waals surface area contributed by atoms with E-state index in [2.05, 4.69) is 5.32 Å². The van der Waals surface area contributed by atoms with E-state index in [-0.39, 0.29) is 6.61 Å². The number of primary amides is 1. The first-order valence-electron chi connectivity index (χ1n) is 4.34. The van der Waals surface area contributed by atoms with E-state index in [4.69, 9.17) is 10.5 Å². The van der Waals surface area contributed by atoms with Gasteiger partial charge in [-0.25, -0.2) is 0 Å². The third-order valence-corrected chi connectivity index (χ3v) is 2.02. The molecule has 0 saturated heterocycles. The highest BCUT2D eigenvalue weighted by Gasteiger charge is 2.31. The Kier molecular flexibility index (Phi) is 5.02. The van der Waals surface area contributed by atoms with Crippen LogP contribution in [0, 0.1) is 0 Å². The molecule has 1 unspecified atom stereocenters. The highest BCUT2D eigenvalue weighted by atomic mass is 19.4. The van der Waals surface area contributed by atoms with Gasteiger partial charge in [0.05, 0.1) is 19.6 Å². The fourth-order valence-corrected chi connectivity index (χ4v) is 0.731. The minimum atomic E-state index is -4.25. The van der Waals surface area contributed by atoms with Crippen molar-refractivity contribution in [1.29, 1.82) is 0 Å². The number of amides is 1. The molecule has 0 aromatic heterocycles. The summed E-state index contributed by atoms with van der Waals surface area (Å²) in [6.07, 6.45) is -5.28. The van der Waals surface area contributed by atoms with Gasteiger partial charge in [-0.2, -0.15) is 13.2 Å². The minimum absolute atomic E-state index is 0.186. The number of carbonyl (C=O) groups is 1. The summed E-state index contributed by atoms with van der Waals surface area (Å²) in [5, 5.41) is 2.59. The van der Waals surface area contributed by atoms with Crippen LogP contribution in [0.15, 0.2) is 0 Å². The summed E-state index contributed by atoms with van der Waals surface area (Å²) in [6.45, 7) is 0.798. The molecule has 7 heteroatoms. The summed E-state index contributed by atoms with van der Waals surface area (Å²) in [6, 6.07) is 0. The number of likely N-dealkylation sites (N-methyl/N-ethyl adjacent to an activating group) is 1. The summed E-state index contributed by atoms with van der Waals surface area (Å²) in [5.41, 5.74) is 3.91. The van der Waals surface area contributed by atoms with Crippen molar-refractivity contribution in [3.63, 3.8) is 0 Å². The number of alkyl halides is 3. The van der Waals surface area contributed by atoms with Crippen molar-refractivity contribution in [2.75, 3.05) is 20.3 Å². The molecule has 15 heavy (non-hydrogen) atoms. The van der Waals surface area contributed by atoms with E-state index in [1.54, 1.807) is 0 Å². The Morgan fingerprint density at radius 1 is 1.47 bits per heavy atom. The second-order valence-corrected chi connectivity index (χ2v) is 3.36. The molecule has 4 nitrogen and oxygen atoms in total. The maximum absolute atomic E-state index is 11.7. The van der Waals surface area contributed by atoms with Gasteiger partial charge in [0.15, 0.2) is 0 Å². The first-order valence-corrected chi connectivity index (χ1v) is 4.34. The average Bonchev–Trinajstić information content (AvgIpc) is 2.10. The molecular formula is C8H15F3N2O2. The van der Waals surface area contributed by atoms with Crippen molar-refractivity contribution < 1.29 is 22.7 Å². The highest BCUT2D eigenvalue weighted by Crippen LogP contribution is 2.19. The van der Waals surface area contributed by atoms with E-state index in [1.807, 2.05) is 0 Å². The Morgan fingerprint density at radius 3 is 2.33 bits per heavy atom. The van der Waals surface area contributed by atoms with Crippen LogP contribution < -0.4 is 11.1 Å². The molecule has 0 radical (unpaired) electrons. The van der Waals surface area contributed by atoms with Crippen LogP contribution in [0.1, 0.15) is 13.3 Å². The van der Waals surface area contributed by atoms with Gasteiger partial charge in [0.25, 0.3) is 0 Å². The lowest BCUT2D eigenvalue weighted by molar-refractivity contribution is -0.147. The molecule has 0 saturated carbocycles. The van der Waals surface area contributed by atoms with Crippen LogP contribution in [-0.4, -0.2) is 37.9 Å². The molecular weight excluding hydrogens is 213 g/mol. The van der Waals surface area contributed by atoms with E-state index in [0.717, 1.165) is 0 Å². The van der Waals surface area contributed by atoms with Crippen LogP contribution in [0.4, 0.5) is 13.2 Å². The fourth-order valence-electron chi connectivity index (χ4n) is 0.731. The van der Waals surface area contributed by atoms with Gasteiger partial charge in [0.1, 0.15) is 5.54 Å². The van der Waals surface area contributed by atoms with Crippen LogP contribution in [0.25, 0.3) is 0 Å². The smallest absolute Gasteiger partial charge is 0.379 e. The molecule has 3 N–H and O–H groups in total. The summed E-state index contributed by atoms with van der Waals surface area (Å²) in [5.74, 6) is -0.669. The lowest BCUT2D eigenvalue weighted by Crippen LogP contribution is -2.55. The van der Waals surface area contributed by atoms with E-state index in [1.165, 1.54) is 14.0 Å². The molecule has 0 aliphatic rings. The van der Waals surface area contributed by atoms with Crippen molar-refractivity contribution in [3.8, 4) is 0 Å². The molecule has 90 valence electrons. The van der Waals surface area contributed by atoms with Gasteiger partial charge in [-0.1, -0.05) is 0 Å². The number of ether oxygens (including phenoxy) is 1. The van der Waals surface area contributed by atoms with Crippen LogP contribution in [0.2, 0.25) is 0 Å². The Balaban J connectivity index is 3.89. The van der Waals surface area contributed by atoms with E-state index in [9.17, 15) is 18.0 Å². The molecule has 1 amide bonds. The molecule has 0 aromatic rings. The van der Waals surface area contributed by atoms with Crippen LogP contribution >= 0.6 is 0 Å². The Labute approximate surface area is 86.0 Å². The van der Waals surface area contributed by atoms with E-state index >= 15 is 0 Å². The number of halogens is 3. The molecule has 0 heterocycles. The zero-order valence-corrected chi connectivity index (χ0v) is 8.65. The standard InChI is InChI=1S/C8H15F3N2O2/c1-7(13-2,6(12)14)5-15-4-3-8(9,10)11/h13H,3-5H2,1-2H3,(H2,12,14). The predicted molar refractivity (Wildman–Crippen MR) is 48.2 cm³/mol. The summed E-state index contributed by atoms with van der Waals surface area (Å²) < 4.78 is 39.9. The quantitative estimate of drug-likeness (QED) is 0.647. The van der Waals surface area contributed by atoms with Gasteiger partial charge in [-0.15, -0.1) is 0 Å². The lowest BCUT2D eigenvalue weighted by Gasteiger charge is -2.25. The Bertz CT molecular complexity index is 220. The Hall–Kier alpha value is -0.820. The van der Waals surface area contributed by atoms with Crippen LogP contribution in [-0.2, 0) is 9.53 Å². The molecule has 0 aliphatic carbocycles. The Morgan fingerprint density at radius 2 is 2.00 bits per heavy atom. The molecule has 0 bridgehead atoms. The predicted octanol–water partition coefficient (Wildman–Crippen LogP) is 0.419. The van der Waals surface area contributed by atoms with Crippen molar-refractivity contribution in [2.45, 2.75) is 25.1 Å². The largest absolute Gasteiger partial charge is 0.391 e. The van der Waals surface area contributed by atoms with E-state index in [0.29, 0.717) is 0 Å². The summed E-state index contributed by atoms with van der Waals surface area (Å²) >= 11 is 0. The number of carbonyl (C=O) groups excluding carboxylic acids is 1. The number of nitrogens with one attached hydrogen (secondary N) is 1. The van der Waals surface area contributed by atoms with Gasteiger partial charge in [-0.3, -0.25) is 4.79 Å². The number of rotatable bonds is 6. The van der Waals surface area contributed by atoms with Gasteiger partial charge in [-0.05, 0) is 14.0 Å². The van der Waals surface area contributed by atoms with Crippen LogP contribution in [0.3, 0.4) is 0 Å². The first kappa shape index (κ1) is 14.2. The van der Waals surface area contributed by atoms with Gasteiger partial charge in [0, 0.05) is 0 Å².